The Balaban J connectivity index is 0.00000121. The number of rotatable bonds is 1. The van der Waals surface area contributed by atoms with Crippen LogP contribution in [0.4, 0.5) is 0 Å². The summed E-state index contributed by atoms with van der Waals surface area (Å²) >= 11 is 0. The summed E-state index contributed by atoms with van der Waals surface area (Å²) in [4.78, 5) is 10.3. The second-order valence-corrected chi connectivity index (χ2v) is 2.01. The van der Waals surface area contributed by atoms with E-state index >= 15 is 0 Å². The molecule has 1 aromatic carbocycles. The molecule has 3 N–H and O–H groups in total. The maximum Gasteiger partial charge on any atom is 0.339 e. The number of aromatic carboxylic acids is 1. The maximum atomic E-state index is 10.3. The normalized spacial score (nSPS) is 8.67. The zero-order valence-corrected chi connectivity index (χ0v) is 9.41. The maximum absolute atomic E-state index is 10.3. The molecule has 12 heavy (non-hydrogen) atoms. The Morgan fingerprint density at radius 2 is 1.83 bits per heavy atom. The fourth-order valence-electron chi connectivity index (χ4n) is 0.701. The summed E-state index contributed by atoms with van der Waals surface area (Å²) in [6.07, 6.45) is 0. The summed E-state index contributed by atoms with van der Waals surface area (Å²) in [5.74, 6) is -1.81. The Morgan fingerprint density at radius 3 is 2.25 bits per heavy atom. The van der Waals surface area contributed by atoms with Crippen LogP contribution >= 0.6 is 0 Å². The van der Waals surface area contributed by atoms with Crippen LogP contribution in [0.3, 0.4) is 0 Å². The number of phenols is 2. The molecule has 1 aromatic rings. The number of aromatic hydroxyl groups is 2. The number of carboxylic acids is 1. The van der Waals surface area contributed by atoms with Crippen LogP contribution < -0.4 is 0 Å². The van der Waals surface area contributed by atoms with Crippen LogP contribution in [0.15, 0.2) is 18.2 Å². The fourth-order valence-corrected chi connectivity index (χ4v) is 0.701. The van der Waals surface area contributed by atoms with Gasteiger partial charge in [-0.25, -0.2) is 4.79 Å². The van der Waals surface area contributed by atoms with E-state index in [2.05, 4.69) is 0 Å². The number of hydrogen-bond donors (Lipinski definition) is 3. The smallest absolute Gasteiger partial charge is 0.339 e. The molecule has 0 atom stereocenters. The van der Waals surface area contributed by atoms with Gasteiger partial charge in [-0.3, -0.25) is 0 Å². The molecule has 63 valence electrons. The third-order valence-corrected chi connectivity index (χ3v) is 1.21. The zero-order chi connectivity index (χ0) is 8.43. The van der Waals surface area contributed by atoms with Gasteiger partial charge in [0.25, 0.3) is 0 Å². The molecule has 1 rings (SSSR count). The number of hydrogen-bond acceptors (Lipinski definition) is 3. The average molecular weight is 363 g/mol. The standard InChI is InChI=1S/C7H6O4.Bi/c8-4-1-2-5(7(10)11)6(9)3-4;/h1-3,8-9H,(H,10,11);. The minimum atomic E-state index is -1.22. The molecule has 0 fully saturated rings. The quantitative estimate of drug-likeness (QED) is 0.632. The van der Waals surface area contributed by atoms with Crippen molar-refractivity contribution in [3.63, 3.8) is 0 Å². The molecule has 5 heteroatoms. The second kappa shape index (κ2) is 4.26. The first-order chi connectivity index (χ1) is 5.11. The second-order valence-electron chi connectivity index (χ2n) is 2.01. The predicted molar refractivity (Wildman–Crippen MR) is 42.5 cm³/mol. The van der Waals surface area contributed by atoms with Gasteiger partial charge < -0.3 is 15.3 Å². The van der Waals surface area contributed by atoms with Gasteiger partial charge in [0.05, 0.1) is 0 Å². The van der Waals surface area contributed by atoms with Gasteiger partial charge in [-0.15, -0.1) is 0 Å². The molecule has 0 aliphatic rings. The largest absolute Gasteiger partial charge is 0.508 e. The van der Waals surface area contributed by atoms with Crippen molar-refractivity contribution in [2.24, 2.45) is 0 Å². The molecular weight excluding hydrogens is 357 g/mol. The van der Waals surface area contributed by atoms with Gasteiger partial charge in [0.15, 0.2) is 0 Å². The molecule has 0 saturated carbocycles. The zero-order valence-electron chi connectivity index (χ0n) is 5.93. The third-order valence-electron chi connectivity index (χ3n) is 1.21. The minimum Gasteiger partial charge on any atom is -0.508 e. The van der Waals surface area contributed by atoms with E-state index in [1.165, 1.54) is 6.07 Å². The number of phenolic OH excluding ortho intramolecular Hbond substituents is 1. The summed E-state index contributed by atoms with van der Waals surface area (Å²) in [6.45, 7) is 0. The van der Waals surface area contributed by atoms with Crippen LogP contribution in [-0.2, 0) is 0 Å². The van der Waals surface area contributed by atoms with Crippen LogP contribution in [0.1, 0.15) is 10.4 Å². The average Bonchev–Trinajstić information content (AvgIpc) is 1.85. The van der Waals surface area contributed by atoms with Gasteiger partial charge in [0.2, 0.25) is 0 Å². The van der Waals surface area contributed by atoms with Gasteiger partial charge >= 0.3 is 5.97 Å². The summed E-state index contributed by atoms with van der Waals surface area (Å²) in [5.41, 5.74) is -0.220. The van der Waals surface area contributed by atoms with Gasteiger partial charge in [-0.1, -0.05) is 0 Å². The van der Waals surface area contributed by atoms with Crippen LogP contribution in [-0.4, -0.2) is 47.5 Å². The first-order valence-electron chi connectivity index (χ1n) is 2.86. The molecule has 0 saturated heterocycles. The van der Waals surface area contributed by atoms with E-state index in [1.807, 2.05) is 0 Å². The number of carbonyl (C=O) groups is 1. The Bertz CT molecular complexity index is 297. The predicted octanol–water partition coefficient (Wildman–Crippen LogP) is 0.415. The van der Waals surface area contributed by atoms with Crippen LogP contribution in [0.5, 0.6) is 11.5 Å². The summed E-state index contributed by atoms with van der Waals surface area (Å²) in [6, 6.07) is 3.31. The molecule has 0 spiro atoms. The summed E-state index contributed by atoms with van der Waals surface area (Å²) in [7, 11) is 0. The monoisotopic (exact) mass is 363 g/mol. The van der Waals surface area contributed by atoms with Crippen LogP contribution in [0.25, 0.3) is 0 Å². The fraction of sp³-hybridized carbons (Fsp3) is 0. The number of carboxylic acid groups (broad SMARTS) is 1. The molecule has 0 unspecified atom stereocenters. The van der Waals surface area contributed by atoms with E-state index in [1.54, 1.807) is 0 Å². The van der Waals surface area contributed by atoms with Gasteiger partial charge in [0.1, 0.15) is 17.1 Å². The molecule has 0 aliphatic carbocycles. The van der Waals surface area contributed by atoms with E-state index in [4.69, 9.17) is 15.3 Å². The summed E-state index contributed by atoms with van der Waals surface area (Å²) in [5, 5.41) is 26.1. The van der Waals surface area contributed by atoms with E-state index < -0.39 is 11.7 Å². The molecule has 0 aromatic heterocycles. The van der Waals surface area contributed by atoms with Crippen LogP contribution in [0.2, 0.25) is 0 Å². The third kappa shape index (κ3) is 2.34. The first-order valence-corrected chi connectivity index (χ1v) is 2.86. The van der Waals surface area contributed by atoms with Crippen molar-refractivity contribution in [1.82, 2.24) is 0 Å². The van der Waals surface area contributed by atoms with Crippen molar-refractivity contribution in [3.05, 3.63) is 23.8 Å². The van der Waals surface area contributed by atoms with E-state index in [-0.39, 0.29) is 37.5 Å². The number of benzene rings is 1. The Kier molecular flexibility index (Phi) is 3.97. The molecular formula is C7H6BiO4. The Hall–Kier alpha value is -0.827. The first kappa shape index (κ1) is 11.2. The molecule has 0 aliphatic heterocycles. The Morgan fingerprint density at radius 1 is 1.25 bits per heavy atom. The van der Waals surface area contributed by atoms with Crippen molar-refractivity contribution >= 4 is 32.2 Å². The van der Waals surface area contributed by atoms with Gasteiger partial charge in [0, 0.05) is 32.3 Å². The van der Waals surface area contributed by atoms with Crippen molar-refractivity contribution in [1.29, 1.82) is 0 Å². The molecule has 4 nitrogen and oxygen atoms in total. The molecule has 0 heterocycles. The SMILES string of the molecule is O=C(O)c1ccc(O)cc1O.[Bi]. The van der Waals surface area contributed by atoms with Crippen LogP contribution in [0, 0.1) is 0 Å². The molecule has 3 radical (unpaired) electrons. The van der Waals surface area contributed by atoms with Crippen molar-refractivity contribution in [2.45, 2.75) is 0 Å². The van der Waals surface area contributed by atoms with Gasteiger partial charge in [-0.2, -0.15) is 0 Å². The van der Waals surface area contributed by atoms with Crippen molar-refractivity contribution < 1.29 is 20.1 Å². The molecule has 0 bridgehead atoms. The topological polar surface area (TPSA) is 77.8 Å². The molecule has 0 amide bonds. The van der Waals surface area contributed by atoms with Crippen molar-refractivity contribution in [2.75, 3.05) is 0 Å². The van der Waals surface area contributed by atoms with Crippen molar-refractivity contribution in [3.8, 4) is 11.5 Å². The minimum absolute atomic E-state index is 0. The summed E-state index contributed by atoms with van der Waals surface area (Å²) < 4.78 is 0. The van der Waals surface area contributed by atoms with E-state index in [0.29, 0.717) is 0 Å². The van der Waals surface area contributed by atoms with E-state index in [0.717, 1.165) is 12.1 Å². The van der Waals surface area contributed by atoms with Gasteiger partial charge in [-0.05, 0) is 12.1 Å². The van der Waals surface area contributed by atoms with E-state index in [9.17, 15) is 4.79 Å². The Labute approximate surface area is 87.6 Å².